The number of ether oxygens (including phenoxy) is 2. The Morgan fingerprint density at radius 1 is 0.939 bits per heavy atom. The van der Waals surface area contributed by atoms with Crippen LogP contribution in [0.25, 0.3) is 0 Å². The van der Waals surface area contributed by atoms with Gasteiger partial charge >= 0.3 is 0 Å². The molecule has 9 heteroatoms. The minimum atomic E-state index is -0.804. The molecule has 178 valence electrons. The van der Waals surface area contributed by atoms with Crippen LogP contribution in [0.3, 0.4) is 0 Å². The predicted octanol–water partition coefficient (Wildman–Crippen LogP) is 3.49. The number of halogens is 2. The van der Waals surface area contributed by atoms with Crippen molar-refractivity contribution in [3.05, 3.63) is 71.5 Å². The third-order valence-corrected chi connectivity index (χ3v) is 5.69. The number of rotatable bonds is 12. The van der Waals surface area contributed by atoms with Gasteiger partial charge < -0.3 is 19.7 Å². The first-order valence-corrected chi connectivity index (χ1v) is 11.2. The van der Waals surface area contributed by atoms with Crippen molar-refractivity contribution in [2.45, 2.75) is 44.7 Å². The smallest absolute Gasteiger partial charge is 0.135 e. The average molecular weight is 477 g/mol. The van der Waals surface area contributed by atoms with Gasteiger partial charge in [-0.1, -0.05) is 43.3 Å². The van der Waals surface area contributed by atoms with Crippen LogP contribution >= 0.6 is 11.6 Å². The fourth-order valence-electron chi connectivity index (χ4n) is 3.29. The molecule has 33 heavy (non-hydrogen) atoms. The minimum Gasteiger partial charge on any atom is -0.491 e. The van der Waals surface area contributed by atoms with Crippen LogP contribution in [0.2, 0.25) is 0 Å². The van der Waals surface area contributed by atoms with E-state index >= 15 is 0 Å². The average Bonchev–Trinajstić information content (AvgIpc) is 3.29. The molecule has 0 fully saturated rings. The first-order chi connectivity index (χ1) is 15.8. The van der Waals surface area contributed by atoms with Crippen LogP contribution in [0, 0.1) is 0 Å². The summed E-state index contributed by atoms with van der Waals surface area (Å²) in [6.07, 6.45) is -0.0369. The second-order valence-corrected chi connectivity index (χ2v) is 8.63. The molecule has 0 aliphatic heterocycles. The van der Waals surface area contributed by atoms with Gasteiger partial charge in [-0.2, -0.15) is 0 Å². The molecule has 0 saturated heterocycles. The standard InChI is InChI=1S/C24H29ClFN3O4/c1-24(2,17-3-7-22(8-4-17)32-15-20(30)11-25)18-5-9-23(10-6-18)33-16-21(31)14-29-13-19(12-26)27-28-29/h3-10,13,20-21,30-31H,11-12,14-16H2,1-2H3/t20-,21-/m1/s1/i26-1. The van der Waals surface area contributed by atoms with Crippen LogP contribution in [-0.4, -0.2) is 56.5 Å². The number of aliphatic hydroxyl groups excluding tert-OH is 2. The van der Waals surface area contributed by atoms with Crippen molar-refractivity contribution in [3.8, 4) is 11.5 Å². The van der Waals surface area contributed by atoms with Crippen molar-refractivity contribution in [1.82, 2.24) is 15.0 Å². The Labute approximate surface area is 197 Å². The number of benzene rings is 2. The van der Waals surface area contributed by atoms with E-state index in [-0.39, 0.29) is 36.7 Å². The summed E-state index contributed by atoms with van der Waals surface area (Å²) in [6.45, 7) is 3.97. The Balaban J connectivity index is 1.55. The normalized spacial score (nSPS) is 13.5. The van der Waals surface area contributed by atoms with E-state index in [0.717, 1.165) is 11.1 Å². The summed E-state index contributed by atoms with van der Waals surface area (Å²) >= 11 is 5.59. The lowest BCUT2D eigenvalue weighted by Gasteiger charge is -2.26. The molecule has 1 aromatic heterocycles. The van der Waals surface area contributed by atoms with Gasteiger partial charge in [0.15, 0.2) is 0 Å². The molecule has 2 N–H and O–H groups in total. The van der Waals surface area contributed by atoms with Gasteiger partial charge in [0, 0.05) is 5.41 Å². The van der Waals surface area contributed by atoms with Gasteiger partial charge in [-0.15, -0.1) is 16.7 Å². The number of hydrogen-bond acceptors (Lipinski definition) is 6. The van der Waals surface area contributed by atoms with E-state index in [1.165, 1.54) is 10.9 Å². The first kappa shape index (κ1) is 25.0. The van der Waals surface area contributed by atoms with E-state index in [9.17, 15) is 14.6 Å². The van der Waals surface area contributed by atoms with Crippen LogP contribution in [0.15, 0.2) is 54.7 Å². The van der Waals surface area contributed by atoms with Gasteiger partial charge in [-0.05, 0) is 35.4 Å². The zero-order valence-corrected chi connectivity index (χ0v) is 19.5. The van der Waals surface area contributed by atoms with Gasteiger partial charge in [0.2, 0.25) is 0 Å². The quantitative estimate of drug-likeness (QED) is 0.389. The molecule has 2 aromatic carbocycles. The Kier molecular flexibility index (Phi) is 8.66. The number of aromatic nitrogens is 3. The molecule has 0 amide bonds. The molecular weight excluding hydrogens is 448 g/mol. The van der Waals surface area contributed by atoms with Crippen molar-refractivity contribution < 1.29 is 24.1 Å². The maximum Gasteiger partial charge on any atom is 0.135 e. The van der Waals surface area contributed by atoms with E-state index in [2.05, 4.69) is 24.2 Å². The van der Waals surface area contributed by atoms with E-state index in [1.807, 2.05) is 48.5 Å². The van der Waals surface area contributed by atoms with Gasteiger partial charge in [-0.25, -0.2) is 9.07 Å². The lowest BCUT2D eigenvalue weighted by molar-refractivity contribution is 0.0888. The molecule has 0 radical (unpaired) electrons. The van der Waals surface area contributed by atoms with Gasteiger partial charge in [-0.3, -0.25) is 0 Å². The summed E-state index contributed by atoms with van der Waals surface area (Å²) < 4.78 is 25.2. The first-order valence-electron chi connectivity index (χ1n) is 10.7. The fourth-order valence-corrected chi connectivity index (χ4v) is 3.38. The molecule has 7 nitrogen and oxygen atoms in total. The van der Waals surface area contributed by atoms with Gasteiger partial charge in [0.25, 0.3) is 0 Å². The zero-order valence-electron chi connectivity index (χ0n) is 18.7. The molecule has 0 unspecified atom stereocenters. The van der Waals surface area contributed by atoms with Gasteiger partial charge in [0.1, 0.15) is 49.3 Å². The monoisotopic (exact) mass is 476 g/mol. The molecule has 0 aliphatic rings. The molecule has 0 saturated carbocycles. The molecule has 1 heterocycles. The third kappa shape index (κ3) is 6.90. The summed E-state index contributed by atoms with van der Waals surface area (Å²) in [7, 11) is 0. The predicted molar refractivity (Wildman–Crippen MR) is 124 cm³/mol. The molecular formula is C24H29ClFN3O4. The topological polar surface area (TPSA) is 89.6 Å². The largest absolute Gasteiger partial charge is 0.491 e. The number of nitrogens with zero attached hydrogens (tertiary/aromatic N) is 3. The van der Waals surface area contributed by atoms with E-state index < -0.39 is 18.9 Å². The van der Waals surface area contributed by atoms with Crippen LogP contribution in [-0.2, 0) is 18.6 Å². The molecule has 3 rings (SSSR count). The van der Waals surface area contributed by atoms with Crippen LogP contribution in [0.4, 0.5) is 4.39 Å². The van der Waals surface area contributed by atoms with E-state index in [1.54, 1.807) is 0 Å². The van der Waals surface area contributed by atoms with Crippen LogP contribution in [0.1, 0.15) is 30.7 Å². The summed E-state index contributed by atoms with van der Waals surface area (Å²) in [5, 5.41) is 27.1. The Morgan fingerprint density at radius 2 is 1.45 bits per heavy atom. The van der Waals surface area contributed by atoms with Crippen molar-refractivity contribution in [2.75, 3.05) is 19.1 Å². The zero-order chi connectivity index (χ0) is 23.8. The highest BCUT2D eigenvalue weighted by Crippen LogP contribution is 2.33. The summed E-state index contributed by atoms with van der Waals surface area (Å²) in [5.41, 5.74) is 2.18. The third-order valence-electron chi connectivity index (χ3n) is 5.34. The molecule has 3 aromatic rings. The van der Waals surface area contributed by atoms with Crippen molar-refractivity contribution in [2.24, 2.45) is 0 Å². The van der Waals surface area contributed by atoms with Crippen LogP contribution < -0.4 is 9.47 Å². The second kappa shape index (κ2) is 11.4. The second-order valence-electron chi connectivity index (χ2n) is 8.32. The maximum atomic E-state index is 12.5. The number of aliphatic hydroxyl groups is 2. The van der Waals surface area contributed by atoms with Crippen molar-refractivity contribution in [3.63, 3.8) is 0 Å². The SMILES string of the molecule is CC(C)(c1ccc(OC[C@H](O)CCl)cc1)c1ccc(OC[C@H](O)Cn2cc(C[18F])nn2)cc1. The van der Waals surface area contributed by atoms with Crippen molar-refractivity contribution >= 4 is 11.6 Å². The molecule has 2 atom stereocenters. The molecule has 0 aliphatic carbocycles. The van der Waals surface area contributed by atoms with Crippen LogP contribution in [0.5, 0.6) is 11.5 Å². The highest BCUT2D eigenvalue weighted by atomic mass is 35.5. The van der Waals surface area contributed by atoms with Gasteiger partial charge in [0.05, 0.1) is 18.6 Å². The summed E-state index contributed by atoms with van der Waals surface area (Å²) in [6, 6.07) is 15.5. The highest BCUT2D eigenvalue weighted by molar-refractivity contribution is 6.18. The number of hydrogen-bond donors (Lipinski definition) is 2. The molecule has 0 spiro atoms. The maximum absolute atomic E-state index is 12.5. The van der Waals surface area contributed by atoms with Crippen molar-refractivity contribution in [1.29, 1.82) is 0 Å². The number of alkyl halides is 2. The minimum absolute atomic E-state index is 0.0768. The lowest BCUT2D eigenvalue weighted by atomic mass is 9.78. The Morgan fingerprint density at radius 3 is 1.91 bits per heavy atom. The van der Waals surface area contributed by atoms with E-state index in [4.69, 9.17) is 21.1 Å². The highest BCUT2D eigenvalue weighted by Gasteiger charge is 2.23. The Hall–Kier alpha value is -2.68. The van der Waals surface area contributed by atoms with E-state index in [0.29, 0.717) is 11.5 Å². The molecule has 0 bridgehead atoms. The fraction of sp³-hybridized carbons (Fsp3) is 0.417. The summed E-state index contributed by atoms with van der Waals surface area (Å²) in [5.74, 6) is 1.44. The lowest BCUT2D eigenvalue weighted by Crippen LogP contribution is -2.24. The summed E-state index contributed by atoms with van der Waals surface area (Å²) in [4.78, 5) is 0. The Bertz CT molecular complexity index is 996.